The quantitative estimate of drug-likeness (QED) is 0.364. The summed E-state index contributed by atoms with van der Waals surface area (Å²) in [5, 5.41) is 5.15. The lowest BCUT2D eigenvalue weighted by Gasteiger charge is -2.13. The SMILES string of the molecule is CC(C)n1nc(C(=O)Oc2ccc(Oc3ccccn3)cc2)c2ccccc2c1=O. The van der Waals surface area contributed by atoms with E-state index in [1.54, 1.807) is 66.9 Å². The Morgan fingerprint density at radius 3 is 2.23 bits per heavy atom. The van der Waals surface area contributed by atoms with Gasteiger partial charge in [0.15, 0.2) is 5.69 Å². The highest BCUT2D eigenvalue weighted by Crippen LogP contribution is 2.23. The van der Waals surface area contributed by atoms with Gasteiger partial charge in [-0.2, -0.15) is 5.10 Å². The van der Waals surface area contributed by atoms with Crippen LogP contribution in [-0.2, 0) is 0 Å². The van der Waals surface area contributed by atoms with Crippen LogP contribution in [0.3, 0.4) is 0 Å². The molecule has 0 saturated heterocycles. The van der Waals surface area contributed by atoms with Crippen molar-refractivity contribution >= 4 is 16.7 Å². The van der Waals surface area contributed by atoms with Gasteiger partial charge in [-0.15, -0.1) is 0 Å². The molecule has 0 spiro atoms. The third kappa shape index (κ3) is 3.91. The number of fused-ring (bicyclic) bond motifs is 1. The predicted molar refractivity (Wildman–Crippen MR) is 112 cm³/mol. The number of aromatic nitrogens is 3. The standard InChI is InChI=1S/C23H19N3O4/c1-15(2)26-22(27)19-8-4-3-7-18(19)21(25-26)23(28)30-17-12-10-16(11-13-17)29-20-9-5-6-14-24-20/h3-15H,1-2H3. The van der Waals surface area contributed by atoms with Crippen LogP contribution in [-0.4, -0.2) is 20.7 Å². The molecule has 7 nitrogen and oxygen atoms in total. The lowest BCUT2D eigenvalue weighted by molar-refractivity contribution is 0.0727. The zero-order valence-electron chi connectivity index (χ0n) is 16.5. The highest BCUT2D eigenvalue weighted by Gasteiger charge is 2.19. The van der Waals surface area contributed by atoms with Crippen molar-refractivity contribution in [1.29, 1.82) is 0 Å². The second-order valence-electron chi connectivity index (χ2n) is 6.87. The zero-order chi connectivity index (χ0) is 21.1. The Labute approximate surface area is 172 Å². The fourth-order valence-electron chi connectivity index (χ4n) is 2.97. The molecule has 4 rings (SSSR count). The van der Waals surface area contributed by atoms with E-state index < -0.39 is 5.97 Å². The van der Waals surface area contributed by atoms with Crippen molar-refractivity contribution in [3.8, 4) is 17.4 Å². The highest BCUT2D eigenvalue weighted by atomic mass is 16.5. The lowest BCUT2D eigenvalue weighted by atomic mass is 10.1. The number of benzene rings is 2. The van der Waals surface area contributed by atoms with Crippen LogP contribution >= 0.6 is 0 Å². The van der Waals surface area contributed by atoms with Crippen molar-refractivity contribution in [2.75, 3.05) is 0 Å². The van der Waals surface area contributed by atoms with Crippen molar-refractivity contribution < 1.29 is 14.3 Å². The maximum Gasteiger partial charge on any atom is 0.364 e. The largest absolute Gasteiger partial charge is 0.439 e. The Kier molecular flexibility index (Phi) is 5.26. The first kappa shape index (κ1) is 19.3. The average Bonchev–Trinajstić information content (AvgIpc) is 2.76. The number of nitrogens with zero attached hydrogens (tertiary/aromatic N) is 3. The number of hydrogen-bond acceptors (Lipinski definition) is 6. The van der Waals surface area contributed by atoms with Crippen LogP contribution in [0.25, 0.3) is 10.8 Å². The molecule has 0 N–H and O–H groups in total. The molecular weight excluding hydrogens is 382 g/mol. The second kappa shape index (κ2) is 8.16. The summed E-state index contributed by atoms with van der Waals surface area (Å²) >= 11 is 0. The molecule has 0 aliphatic carbocycles. The monoisotopic (exact) mass is 401 g/mol. The van der Waals surface area contributed by atoms with Crippen molar-refractivity contribution in [2.24, 2.45) is 0 Å². The van der Waals surface area contributed by atoms with E-state index in [0.717, 1.165) is 0 Å². The zero-order valence-corrected chi connectivity index (χ0v) is 16.5. The third-order valence-electron chi connectivity index (χ3n) is 4.41. The molecule has 0 atom stereocenters. The summed E-state index contributed by atoms with van der Waals surface area (Å²) in [4.78, 5) is 29.6. The minimum atomic E-state index is -0.640. The van der Waals surface area contributed by atoms with E-state index in [0.29, 0.717) is 28.2 Å². The summed E-state index contributed by atoms with van der Waals surface area (Å²) in [5.41, 5.74) is -0.152. The van der Waals surface area contributed by atoms with Crippen LogP contribution in [0.1, 0.15) is 30.4 Å². The Hall–Kier alpha value is -4.00. The van der Waals surface area contributed by atoms with Gasteiger partial charge in [-0.05, 0) is 50.2 Å². The van der Waals surface area contributed by atoms with Crippen LogP contribution < -0.4 is 15.0 Å². The number of pyridine rings is 1. The molecule has 0 bridgehead atoms. The topological polar surface area (TPSA) is 83.3 Å². The van der Waals surface area contributed by atoms with E-state index in [1.165, 1.54) is 4.68 Å². The first-order valence-corrected chi connectivity index (χ1v) is 9.45. The summed E-state index contributed by atoms with van der Waals surface area (Å²) in [6.45, 7) is 3.66. The number of ether oxygens (including phenoxy) is 2. The Balaban J connectivity index is 1.60. The van der Waals surface area contributed by atoms with Crippen molar-refractivity contribution in [2.45, 2.75) is 19.9 Å². The summed E-state index contributed by atoms with van der Waals surface area (Å²) in [7, 11) is 0. The Morgan fingerprint density at radius 1 is 0.900 bits per heavy atom. The number of esters is 1. The van der Waals surface area contributed by atoms with Gasteiger partial charge in [0.2, 0.25) is 5.88 Å². The first-order chi connectivity index (χ1) is 14.5. The van der Waals surface area contributed by atoms with Gasteiger partial charge in [-0.1, -0.05) is 24.3 Å². The van der Waals surface area contributed by atoms with E-state index in [9.17, 15) is 9.59 Å². The second-order valence-corrected chi connectivity index (χ2v) is 6.87. The van der Waals surface area contributed by atoms with E-state index in [2.05, 4.69) is 10.1 Å². The molecule has 0 amide bonds. The van der Waals surface area contributed by atoms with Gasteiger partial charge in [0.1, 0.15) is 11.5 Å². The van der Waals surface area contributed by atoms with Crippen LogP contribution in [0, 0.1) is 0 Å². The van der Waals surface area contributed by atoms with Crippen molar-refractivity contribution in [3.05, 3.63) is 89.0 Å². The fourth-order valence-corrected chi connectivity index (χ4v) is 2.97. The minimum absolute atomic E-state index is 0.0905. The minimum Gasteiger partial charge on any atom is -0.439 e. The van der Waals surface area contributed by atoms with E-state index in [1.807, 2.05) is 19.9 Å². The van der Waals surface area contributed by atoms with Crippen LogP contribution in [0.5, 0.6) is 17.4 Å². The Morgan fingerprint density at radius 2 is 1.57 bits per heavy atom. The summed E-state index contributed by atoms with van der Waals surface area (Å²) in [5.74, 6) is 0.722. The normalized spacial score (nSPS) is 10.9. The molecule has 0 aliphatic rings. The van der Waals surface area contributed by atoms with Crippen molar-refractivity contribution in [1.82, 2.24) is 14.8 Å². The number of hydrogen-bond donors (Lipinski definition) is 0. The lowest BCUT2D eigenvalue weighted by Crippen LogP contribution is -2.28. The molecular formula is C23H19N3O4. The van der Waals surface area contributed by atoms with Crippen LogP contribution in [0.15, 0.2) is 77.7 Å². The number of rotatable bonds is 5. The third-order valence-corrected chi connectivity index (χ3v) is 4.41. The molecule has 0 aliphatic heterocycles. The highest BCUT2D eigenvalue weighted by molar-refractivity contribution is 6.02. The smallest absolute Gasteiger partial charge is 0.364 e. The molecule has 150 valence electrons. The van der Waals surface area contributed by atoms with Gasteiger partial charge in [-0.25, -0.2) is 14.5 Å². The van der Waals surface area contributed by atoms with Gasteiger partial charge < -0.3 is 9.47 Å². The molecule has 0 radical (unpaired) electrons. The van der Waals surface area contributed by atoms with E-state index in [4.69, 9.17) is 9.47 Å². The van der Waals surface area contributed by atoms with Gasteiger partial charge in [0.25, 0.3) is 5.56 Å². The predicted octanol–water partition coefficient (Wildman–Crippen LogP) is 4.38. The molecule has 7 heteroatoms. The van der Waals surface area contributed by atoms with Crippen LogP contribution in [0.2, 0.25) is 0 Å². The van der Waals surface area contributed by atoms with Gasteiger partial charge in [0, 0.05) is 17.6 Å². The molecule has 0 unspecified atom stereocenters. The molecule has 0 fully saturated rings. The van der Waals surface area contributed by atoms with Gasteiger partial charge in [-0.3, -0.25) is 4.79 Å². The molecule has 30 heavy (non-hydrogen) atoms. The van der Waals surface area contributed by atoms with E-state index >= 15 is 0 Å². The van der Waals surface area contributed by atoms with Gasteiger partial charge in [0.05, 0.1) is 11.4 Å². The average molecular weight is 401 g/mol. The number of carbonyl (C=O) groups excluding carboxylic acids is 1. The summed E-state index contributed by atoms with van der Waals surface area (Å²) < 4.78 is 12.4. The van der Waals surface area contributed by atoms with Crippen molar-refractivity contribution in [3.63, 3.8) is 0 Å². The van der Waals surface area contributed by atoms with E-state index in [-0.39, 0.29) is 17.3 Å². The Bertz CT molecular complexity index is 1250. The maximum absolute atomic E-state index is 12.8. The summed E-state index contributed by atoms with van der Waals surface area (Å²) in [6.07, 6.45) is 1.64. The molecule has 2 aromatic carbocycles. The maximum atomic E-state index is 12.8. The fraction of sp³-hybridized carbons (Fsp3) is 0.130. The van der Waals surface area contributed by atoms with Crippen LogP contribution in [0.4, 0.5) is 0 Å². The molecule has 4 aromatic rings. The van der Waals surface area contributed by atoms with Gasteiger partial charge >= 0.3 is 5.97 Å². The molecule has 2 heterocycles. The summed E-state index contributed by atoms with van der Waals surface area (Å²) in [6, 6.07) is 18.7. The molecule has 2 aromatic heterocycles. The molecule has 0 saturated carbocycles. The number of carbonyl (C=O) groups is 1. The first-order valence-electron chi connectivity index (χ1n) is 9.45.